The molecule has 5 nitrogen and oxygen atoms in total. The van der Waals surface area contributed by atoms with E-state index < -0.39 is 15.1 Å². The van der Waals surface area contributed by atoms with Gasteiger partial charge in [0.1, 0.15) is 22.5 Å². The lowest BCUT2D eigenvalue weighted by Crippen LogP contribution is -2.25. The summed E-state index contributed by atoms with van der Waals surface area (Å²) in [6.45, 7) is 4.03. The Morgan fingerprint density at radius 2 is 1.67 bits per heavy atom. The van der Waals surface area contributed by atoms with Crippen molar-refractivity contribution in [1.29, 1.82) is 0 Å². The lowest BCUT2D eigenvalue weighted by molar-refractivity contribution is 0.0903. The zero-order valence-electron chi connectivity index (χ0n) is 17.2. The third-order valence-corrected chi connectivity index (χ3v) is 7.52. The highest BCUT2D eigenvalue weighted by molar-refractivity contribution is 7.91. The number of benzene rings is 2. The predicted molar refractivity (Wildman–Crippen MR) is 114 cm³/mol. The molecule has 0 amide bonds. The Labute approximate surface area is 176 Å². The van der Waals surface area contributed by atoms with Crippen LogP contribution < -0.4 is 4.74 Å². The molecule has 0 fully saturated rings. The molecule has 156 valence electrons. The van der Waals surface area contributed by atoms with E-state index in [0.717, 1.165) is 0 Å². The summed E-state index contributed by atoms with van der Waals surface area (Å²) in [6, 6.07) is 16.9. The monoisotopic (exact) mass is 424 g/mol. The van der Waals surface area contributed by atoms with Gasteiger partial charge in [-0.1, -0.05) is 44.2 Å². The standard InChI is InChI=1S/C24H24O5S/c1-24(2)14-20(25)19-13-21(29-22(19)15-24)23(16-7-5-4-6-8-16)30(26,27)18-11-9-17(28-3)10-12-18/h4-13,23H,14-15H2,1-3H3. The highest BCUT2D eigenvalue weighted by Crippen LogP contribution is 2.41. The van der Waals surface area contributed by atoms with Crippen LogP contribution in [-0.4, -0.2) is 21.3 Å². The van der Waals surface area contributed by atoms with Gasteiger partial charge in [0.25, 0.3) is 0 Å². The number of ketones is 1. The van der Waals surface area contributed by atoms with Gasteiger partial charge in [0, 0.05) is 12.8 Å². The van der Waals surface area contributed by atoms with E-state index in [2.05, 4.69) is 0 Å². The number of fused-ring (bicyclic) bond motifs is 1. The van der Waals surface area contributed by atoms with Crippen molar-refractivity contribution in [2.24, 2.45) is 5.41 Å². The summed E-state index contributed by atoms with van der Waals surface area (Å²) in [5.74, 6) is 1.40. The summed E-state index contributed by atoms with van der Waals surface area (Å²) >= 11 is 0. The zero-order valence-corrected chi connectivity index (χ0v) is 18.0. The van der Waals surface area contributed by atoms with E-state index in [9.17, 15) is 13.2 Å². The van der Waals surface area contributed by atoms with Crippen LogP contribution in [0, 0.1) is 5.41 Å². The average molecular weight is 425 g/mol. The van der Waals surface area contributed by atoms with Crippen LogP contribution in [0.15, 0.2) is 70.0 Å². The third-order valence-electron chi connectivity index (χ3n) is 5.47. The minimum atomic E-state index is -3.84. The van der Waals surface area contributed by atoms with Crippen LogP contribution in [-0.2, 0) is 16.3 Å². The Morgan fingerprint density at radius 1 is 1.00 bits per heavy atom. The van der Waals surface area contributed by atoms with Crippen LogP contribution in [0.5, 0.6) is 5.75 Å². The van der Waals surface area contributed by atoms with Crippen LogP contribution in [0.3, 0.4) is 0 Å². The van der Waals surface area contributed by atoms with Gasteiger partial charge in [0.15, 0.2) is 15.6 Å². The van der Waals surface area contributed by atoms with Crippen molar-refractivity contribution in [2.75, 3.05) is 7.11 Å². The van der Waals surface area contributed by atoms with Gasteiger partial charge < -0.3 is 9.15 Å². The highest BCUT2D eigenvalue weighted by Gasteiger charge is 2.38. The van der Waals surface area contributed by atoms with Crippen molar-refractivity contribution in [3.63, 3.8) is 0 Å². The van der Waals surface area contributed by atoms with Gasteiger partial charge in [-0.25, -0.2) is 8.42 Å². The Hall–Kier alpha value is -2.86. The number of hydrogen-bond acceptors (Lipinski definition) is 5. The van der Waals surface area contributed by atoms with Crippen molar-refractivity contribution in [2.45, 2.75) is 36.8 Å². The molecule has 0 radical (unpaired) electrons. The molecule has 1 heterocycles. The quantitative estimate of drug-likeness (QED) is 0.576. The minimum Gasteiger partial charge on any atom is -0.497 e. The van der Waals surface area contributed by atoms with E-state index in [-0.39, 0.29) is 21.9 Å². The molecule has 0 aliphatic heterocycles. The molecule has 2 aromatic carbocycles. The van der Waals surface area contributed by atoms with Crippen LogP contribution in [0.25, 0.3) is 0 Å². The van der Waals surface area contributed by atoms with Crippen LogP contribution >= 0.6 is 0 Å². The van der Waals surface area contributed by atoms with Gasteiger partial charge in [-0.2, -0.15) is 0 Å². The first kappa shape index (κ1) is 20.4. The molecule has 0 bridgehead atoms. The van der Waals surface area contributed by atoms with Crippen LogP contribution in [0.1, 0.15) is 53.0 Å². The van der Waals surface area contributed by atoms with Gasteiger partial charge in [-0.3, -0.25) is 4.79 Å². The summed E-state index contributed by atoms with van der Waals surface area (Å²) in [5, 5.41) is -1.05. The van der Waals surface area contributed by atoms with E-state index in [1.807, 2.05) is 19.9 Å². The number of hydrogen-bond donors (Lipinski definition) is 0. The summed E-state index contributed by atoms with van der Waals surface area (Å²) < 4.78 is 38.5. The van der Waals surface area contributed by atoms with Crippen LogP contribution in [0.2, 0.25) is 0 Å². The fourth-order valence-electron chi connectivity index (χ4n) is 4.00. The maximum Gasteiger partial charge on any atom is 0.192 e. The average Bonchev–Trinajstić information content (AvgIpc) is 3.11. The number of Topliss-reactive ketones (excluding diaryl/α,β-unsaturated/α-hetero) is 1. The van der Waals surface area contributed by atoms with Crippen molar-refractivity contribution in [3.8, 4) is 5.75 Å². The predicted octanol–water partition coefficient (Wildman–Crippen LogP) is 5.01. The second-order valence-electron chi connectivity index (χ2n) is 8.44. The fraction of sp³-hybridized carbons (Fsp3) is 0.292. The molecule has 0 saturated heterocycles. The Balaban J connectivity index is 1.86. The number of methoxy groups -OCH3 is 1. The molecule has 1 aliphatic carbocycles. The number of carbonyl (C=O) groups excluding carboxylic acids is 1. The van der Waals surface area contributed by atoms with Gasteiger partial charge >= 0.3 is 0 Å². The summed E-state index contributed by atoms with van der Waals surface area (Å²) in [4.78, 5) is 12.8. The molecule has 6 heteroatoms. The highest BCUT2D eigenvalue weighted by atomic mass is 32.2. The van der Waals surface area contributed by atoms with Gasteiger partial charge in [0.05, 0.1) is 17.6 Å². The number of ether oxygens (including phenoxy) is 1. The molecule has 0 saturated carbocycles. The molecular formula is C24H24O5S. The Kier molecular flexibility index (Phi) is 5.06. The Bertz CT molecular complexity index is 1170. The van der Waals surface area contributed by atoms with Gasteiger partial charge in [-0.15, -0.1) is 0 Å². The molecule has 0 spiro atoms. The molecule has 1 atom stereocenters. The van der Waals surface area contributed by atoms with Crippen molar-refractivity contribution in [1.82, 2.24) is 0 Å². The third kappa shape index (κ3) is 3.67. The van der Waals surface area contributed by atoms with Crippen molar-refractivity contribution >= 4 is 15.6 Å². The SMILES string of the molecule is COc1ccc(S(=O)(=O)C(c2ccccc2)c2cc3c(o2)CC(C)(C)CC3=O)cc1. The first-order valence-electron chi connectivity index (χ1n) is 9.80. The summed E-state index contributed by atoms with van der Waals surface area (Å²) in [7, 11) is -2.31. The largest absolute Gasteiger partial charge is 0.497 e. The number of carbonyl (C=O) groups is 1. The molecule has 1 aromatic heterocycles. The fourth-order valence-corrected chi connectivity index (χ4v) is 5.72. The van der Waals surface area contributed by atoms with E-state index in [0.29, 0.717) is 35.5 Å². The first-order chi connectivity index (χ1) is 14.2. The van der Waals surface area contributed by atoms with E-state index >= 15 is 0 Å². The first-order valence-corrected chi connectivity index (χ1v) is 11.3. The second kappa shape index (κ2) is 7.43. The van der Waals surface area contributed by atoms with Gasteiger partial charge in [-0.05, 0) is 41.3 Å². The molecule has 3 aromatic rings. The van der Waals surface area contributed by atoms with Gasteiger partial charge in [0.2, 0.25) is 0 Å². The van der Waals surface area contributed by atoms with Crippen molar-refractivity contribution < 1.29 is 22.4 Å². The van der Waals surface area contributed by atoms with Crippen molar-refractivity contribution in [3.05, 3.63) is 83.3 Å². The molecule has 1 unspecified atom stereocenters. The molecular weight excluding hydrogens is 400 g/mol. The lowest BCUT2D eigenvalue weighted by Gasteiger charge is -2.26. The normalized spacial score (nSPS) is 16.7. The van der Waals surface area contributed by atoms with E-state index in [1.165, 1.54) is 19.2 Å². The van der Waals surface area contributed by atoms with Crippen LogP contribution in [0.4, 0.5) is 0 Å². The Morgan fingerprint density at radius 3 is 2.30 bits per heavy atom. The number of furan rings is 1. The summed E-state index contributed by atoms with van der Waals surface area (Å²) in [5.41, 5.74) is 0.873. The molecule has 0 N–H and O–H groups in total. The zero-order chi connectivity index (χ0) is 21.5. The smallest absolute Gasteiger partial charge is 0.192 e. The maximum atomic E-state index is 13.7. The number of rotatable bonds is 5. The maximum absolute atomic E-state index is 13.7. The molecule has 1 aliphatic rings. The lowest BCUT2D eigenvalue weighted by atomic mass is 9.77. The molecule has 4 rings (SSSR count). The number of sulfone groups is 1. The topological polar surface area (TPSA) is 73.6 Å². The van der Waals surface area contributed by atoms with E-state index in [1.54, 1.807) is 42.5 Å². The molecule has 30 heavy (non-hydrogen) atoms. The summed E-state index contributed by atoms with van der Waals surface area (Å²) in [6.07, 6.45) is 1.01. The second-order valence-corrected chi connectivity index (χ2v) is 10.5. The minimum absolute atomic E-state index is 0.00935. The van der Waals surface area contributed by atoms with E-state index in [4.69, 9.17) is 9.15 Å².